The Hall–Kier alpha value is -1.64. The molecule has 0 radical (unpaired) electrons. The van der Waals surface area contributed by atoms with Gasteiger partial charge in [0.05, 0.1) is 5.92 Å². The molecule has 1 aromatic rings. The van der Waals surface area contributed by atoms with Gasteiger partial charge in [0.2, 0.25) is 11.8 Å². The van der Waals surface area contributed by atoms with Crippen molar-refractivity contribution in [1.82, 2.24) is 5.32 Å². The summed E-state index contributed by atoms with van der Waals surface area (Å²) in [5, 5.41) is 2.49. The van der Waals surface area contributed by atoms with Crippen molar-refractivity contribution in [2.75, 3.05) is 0 Å². The predicted molar refractivity (Wildman–Crippen MR) is 68.0 cm³/mol. The Morgan fingerprint density at radius 3 is 2.39 bits per heavy atom. The fraction of sp³-hybridized carbons (Fsp3) is 0.467. The van der Waals surface area contributed by atoms with Crippen LogP contribution in [0.15, 0.2) is 24.3 Å². The van der Waals surface area contributed by atoms with Crippen molar-refractivity contribution in [3.8, 4) is 0 Å². The maximum atomic E-state index is 12.2. The van der Waals surface area contributed by atoms with E-state index in [1.165, 1.54) is 5.56 Å². The van der Waals surface area contributed by atoms with Crippen molar-refractivity contribution in [3.05, 3.63) is 35.4 Å². The number of carbonyl (C=O) groups excluding carboxylic acids is 2. The van der Waals surface area contributed by atoms with Crippen LogP contribution in [0, 0.1) is 12.3 Å². The molecular formula is C15H17NO2. The van der Waals surface area contributed by atoms with Crippen LogP contribution in [0.25, 0.3) is 0 Å². The van der Waals surface area contributed by atoms with Crippen LogP contribution in [0.1, 0.15) is 42.7 Å². The molecule has 94 valence electrons. The van der Waals surface area contributed by atoms with Gasteiger partial charge in [-0.1, -0.05) is 36.2 Å². The van der Waals surface area contributed by atoms with E-state index in [4.69, 9.17) is 0 Å². The number of imide groups is 1. The SMILES string of the molecule is Cc1ccc(C2C(=O)NC(=O)CC23CCC3)cc1. The van der Waals surface area contributed by atoms with Gasteiger partial charge in [-0.05, 0) is 30.7 Å². The first-order valence-electron chi connectivity index (χ1n) is 6.51. The first kappa shape index (κ1) is 11.5. The molecule has 1 unspecified atom stereocenters. The molecule has 3 nitrogen and oxygen atoms in total. The molecule has 3 heteroatoms. The molecule has 1 heterocycles. The van der Waals surface area contributed by atoms with Crippen LogP contribution in [0.2, 0.25) is 0 Å². The van der Waals surface area contributed by atoms with Crippen LogP contribution >= 0.6 is 0 Å². The zero-order valence-corrected chi connectivity index (χ0v) is 10.5. The summed E-state index contributed by atoms with van der Waals surface area (Å²) in [6.07, 6.45) is 3.61. The maximum absolute atomic E-state index is 12.2. The Morgan fingerprint density at radius 1 is 1.17 bits per heavy atom. The average Bonchev–Trinajstić information content (AvgIpc) is 2.28. The summed E-state index contributed by atoms with van der Waals surface area (Å²) in [5.74, 6) is -0.373. The summed E-state index contributed by atoms with van der Waals surface area (Å²) < 4.78 is 0. The number of hydrogen-bond donors (Lipinski definition) is 1. The third-order valence-electron chi connectivity index (χ3n) is 4.41. The molecule has 1 atom stereocenters. The molecule has 2 fully saturated rings. The van der Waals surface area contributed by atoms with Gasteiger partial charge in [-0.2, -0.15) is 0 Å². The lowest BCUT2D eigenvalue weighted by atomic mass is 9.56. The van der Waals surface area contributed by atoms with E-state index in [0.717, 1.165) is 24.8 Å². The number of hydrogen-bond acceptors (Lipinski definition) is 2. The fourth-order valence-electron chi connectivity index (χ4n) is 3.31. The molecular weight excluding hydrogens is 226 g/mol. The minimum atomic E-state index is -0.149. The van der Waals surface area contributed by atoms with Gasteiger partial charge in [0.25, 0.3) is 0 Å². The average molecular weight is 243 g/mol. The lowest BCUT2D eigenvalue weighted by Gasteiger charge is -2.49. The van der Waals surface area contributed by atoms with Gasteiger partial charge >= 0.3 is 0 Å². The van der Waals surface area contributed by atoms with Gasteiger partial charge in [0.15, 0.2) is 0 Å². The van der Waals surface area contributed by atoms with Crippen LogP contribution in [0.4, 0.5) is 0 Å². The molecule has 1 N–H and O–H groups in total. The van der Waals surface area contributed by atoms with Crippen LogP contribution < -0.4 is 5.32 Å². The minimum Gasteiger partial charge on any atom is -0.296 e. The third-order valence-corrected chi connectivity index (χ3v) is 4.41. The molecule has 1 saturated heterocycles. The molecule has 0 bridgehead atoms. The Labute approximate surface area is 107 Å². The van der Waals surface area contributed by atoms with E-state index in [9.17, 15) is 9.59 Å². The highest BCUT2D eigenvalue weighted by atomic mass is 16.2. The number of aryl methyl sites for hydroxylation is 1. The number of amides is 2. The summed E-state index contributed by atoms with van der Waals surface area (Å²) in [6, 6.07) is 8.11. The topological polar surface area (TPSA) is 46.2 Å². The van der Waals surface area contributed by atoms with E-state index in [2.05, 4.69) is 5.32 Å². The number of carbonyl (C=O) groups is 2. The molecule has 1 aliphatic heterocycles. The molecule has 1 aliphatic carbocycles. The van der Waals surface area contributed by atoms with Crippen molar-refractivity contribution in [2.45, 2.75) is 38.5 Å². The normalized spacial score (nSPS) is 25.7. The Morgan fingerprint density at radius 2 is 1.83 bits per heavy atom. The zero-order chi connectivity index (χ0) is 12.8. The summed E-state index contributed by atoms with van der Waals surface area (Å²) >= 11 is 0. The number of piperidine rings is 1. The minimum absolute atomic E-state index is 0.103. The van der Waals surface area contributed by atoms with E-state index < -0.39 is 0 Å². The summed E-state index contributed by atoms with van der Waals surface area (Å²) in [4.78, 5) is 23.7. The van der Waals surface area contributed by atoms with Gasteiger partial charge in [-0.15, -0.1) is 0 Å². The molecule has 1 aromatic carbocycles. The van der Waals surface area contributed by atoms with E-state index in [0.29, 0.717) is 6.42 Å². The lowest BCUT2D eigenvalue weighted by molar-refractivity contribution is -0.143. The second-order valence-corrected chi connectivity index (χ2v) is 5.65. The molecule has 0 aromatic heterocycles. The van der Waals surface area contributed by atoms with E-state index in [1.54, 1.807) is 0 Å². The highest BCUT2D eigenvalue weighted by Gasteiger charge is 2.52. The van der Waals surface area contributed by atoms with Gasteiger partial charge in [0, 0.05) is 6.42 Å². The summed E-state index contributed by atoms with van der Waals surface area (Å²) in [5.41, 5.74) is 2.13. The first-order chi connectivity index (χ1) is 8.61. The summed E-state index contributed by atoms with van der Waals surface area (Å²) in [7, 11) is 0. The smallest absolute Gasteiger partial charge is 0.234 e. The highest BCUT2D eigenvalue weighted by Crippen LogP contribution is 2.55. The molecule has 1 spiro atoms. The van der Waals surface area contributed by atoms with Gasteiger partial charge in [-0.3, -0.25) is 14.9 Å². The van der Waals surface area contributed by atoms with Crippen molar-refractivity contribution >= 4 is 11.8 Å². The fourth-order valence-corrected chi connectivity index (χ4v) is 3.31. The van der Waals surface area contributed by atoms with Crippen molar-refractivity contribution in [3.63, 3.8) is 0 Å². The number of rotatable bonds is 1. The molecule has 1 saturated carbocycles. The first-order valence-corrected chi connectivity index (χ1v) is 6.51. The van der Waals surface area contributed by atoms with E-state index >= 15 is 0 Å². The molecule has 2 amide bonds. The second kappa shape index (κ2) is 3.94. The van der Waals surface area contributed by atoms with Crippen molar-refractivity contribution in [1.29, 1.82) is 0 Å². The molecule has 2 aliphatic rings. The van der Waals surface area contributed by atoms with Crippen LogP contribution in [-0.4, -0.2) is 11.8 Å². The monoisotopic (exact) mass is 243 g/mol. The van der Waals surface area contributed by atoms with Gasteiger partial charge in [-0.25, -0.2) is 0 Å². The van der Waals surface area contributed by atoms with Crippen LogP contribution in [0.5, 0.6) is 0 Å². The zero-order valence-electron chi connectivity index (χ0n) is 10.5. The Bertz CT molecular complexity index is 500. The standard InChI is InChI=1S/C15H17NO2/c1-10-3-5-11(6-4-10)13-14(18)16-12(17)9-15(13)7-2-8-15/h3-6,13H,2,7-9H2,1H3,(H,16,17,18). The largest absolute Gasteiger partial charge is 0.296 e. The van der Waals surface area contributed by atoms with Crippen molar-refractivity contribution < 1.29 is 9.59 Å². The Balaban J connectivity index is 1.99. The lowest BCUT2D eigenvalue weighted by Crippen LogP contribution is -2.53. The number of nitrogens with one attached hydrogen (secondary N) is 1. The predicted octanol–water partition coefficient (Wildman–Crippen LogP) is 2.30. The second-order valence-electron chi connectivity index (χ2n) is 5.65. The highest BCUT2D eigenvalue weighted by molar-refractivity contribution is 6.02. The molecule has 3 rings (SSSR count). The third kappa shape index (κ3) is 1.65. The summed E-state index contributed by atoms with van der Waals surface area (Å²) in [6.45, 7) is 2.04. The van der Waals surface area contributed by atoms with Crippen LogP contribution in [-0.2, 0) is 9.59 Å². The van der Waals surface area contributed by atoms with Gasteiger partial charge < -0.3 is 0 Å². The number of benzene rings is 1. The van der Waals surface area contributed by atoms with Crippen LogP contribution in [0.3, 0.4) is 0 Å². The molecule has 18 heavy (non-hydrogen) atoms. The van der Waals surface area contributed by atoms with E-state index in [1.807, 2.05) is 31.2 Å². The van der Waals surface area contributed by atoms with E-state index in [-0.39, 0.29) is 23.1 Å². The van der Waals surface area contributed by atoms with Gasteiger partial charge in [0.1, 0.15) is 0 Å². The Kier molecular flexibility index (Phi) is 2.51. The maximum Gasteiger partial charge on any atom is 0.234 e. The van der Waals surface area contributed by atoms with Crippen molar-refractivity contribution in [2.24, 2.45) is 5.41 Å². The quantitative estimate of drug-likeness (QED) is 0.769.